The number of hydrogen-bond acceptors (Lipinski definition) is 5. The number of benzene rings is 2. The molecule has 0 N–H and O–H groups in total. The van der Waals surface area contributed by atoms with Crippen LogP contribution in [0.25, 0.3) is 0 Å². The lowest BCUT2D eigenvalue weighted by Crippen LogP contribution is -2.48. The van der Waals surface area contributed by atoms with Gasteiger partial charge in [-0.2, -0.15) is 0 Å². The Balaban J connectivity index is 1.49. The molecule has 0 aliphatic carbocycles. The van der Waals surface area contributed by atoms with Crippen LogP contribution in [0.4, 0.5) is 5.69 Å². The van der Waals surface area contributed by atoms with E-state index in [-0.39, 0.29) is 6.04 Å². The first-order valence-corrected chi connectivity index (χ1v) is 11.0. The average Bonchev–Trinajstić information content (AvgIpc) is 3.22. The minimum Gasteiger partial charge on any atom is -0.369 e. The zero-order valence-electron chi connectivity index (χ0n) is 18.3. The first-order valence-electron chi connectivity index (χ1n) is 11.0. The summed E-state index contributed by atoms with van der Waals surface area (Å²) in [6.07, 6.45) is 2.18. The molecular formula is C24H32N6. The molecule has 158 valence electrons. The van der Waals surface area contributed by atoms with E-state index in [4.69, 9.17) is 0 Å². The van der Waals surface area contributed by atoms with E-state index in [0.29, 0.717) is 6.54 Å². The van der Waals surface area contributed by atoms with E-state index in [9.17, 15) is 0 Å². The number of piperazine rings is 1. The molecule has 1 aromatic heterocycles. The van der Waals surface area contributed by atoms with E-state index in [0.717, 1.165) is 44.8 Å². The summed E-state index contributed by atoms with van der Waals surface area (Å²) in [7, 11) is 0. The van der Waals surface area contributed by atoms with Crippen LogP contribution in [0.5, 0.6) is 0 Å². The number of tetrazole rings is 1. The van der Waals surface area contributed by atoms with Crippen molar-refractivity contribution >= 4 is 5.69 Å². The molecule has 1 atom stereocenters. The van der Waals surface area contributed by atoms with Crippen LogP contribution in [0.15, 0.2) is 48.5 Å². The molecule has 1 saturated heterocycles. The Kier molecular flexibility index (Phi) is 6.43. The maximum atomic E-state index is 4.46. The summed E-state index contributed by atoms with van der Waals surface area (Å²) < 4.78 is 1.98. The van der Waals surface area contributed by atoms with E-state index >= 15 is 0 Å². The molecule has 0 radical (unpaired) electrons. The predicted octanol–water partition coefficient (Wildman–Crippen LogP) is 4.00. The van der Waals surface area contributed by atoms with Crippen LogP contribution in [0.3, 0.4) is 0 Å². The summed E-state index contributed by atoms with van der Waals surface area (Å²) in [5.74, 6) is 0.987. The molecule has 0 bridgehead atoms. The molecule has 4 rings (SSSR count). The van der Waals surface area contributed by atoms with Gasteiger partial charge in [-0.25, -0.2) is 4.68 Å². The fraction of sp³-hybridized carbons (Fsp3) is 0.458. The van der Waals surface area contributed by atoms with Crippen molar-refractivity contribution in [1.82, 2.24) is 25.1 Å². The Morgan fingerprint density at radius 3 is 2.47 bits per heavy atom. The van der Waals surface area contributed by atoms with Gasteiger partial charge in [0, 0.05) is 31.9 Å². The van der Waals surface area contributed by atoms with Crippen LogP contribution in [-0.4, -0.2) is 51.3 Å². The Labute approximate surface area is 179 Å². The normalized spacial score (nSPS) is 16.0. The van der Waals surface area contributed by atoms with E-state index < -0.39 is 0 Å². The van der Waals surface area contributed by atoms with Gasteiger partial charge in [0.25, 0.3) is 0 Å². The van der Waals surface area contributed by atoms with E-state index in [1.807, 2.05) is 10.7 Å². The minimum absolute atomic E-state index is 0.259. The molecule has 6 nitrogen and oxygen atoms in total. The van der Waals surface area contributed by atoms with Crippen molar-refractivity contribution in [2.24, 2.45) is 0 Å². The second kappa shape index (κ2) is 9.39. The second-order valence-electron chi connectivity index (χ2n) is 8.30. The van der Waals surface area contributed by atoms with E-state index in [1.165, 1.54) is 22.4 Å². The fourth-order valence-electron chi connectivity index (χ4n) is 4.40. The number of rotatable bonds is 7. The lowest BCUT2D eigenvalue weighted by atomic mass is 10.1. The van der Waals surface area contributed by atoms with Gasteiger partial charge in [-0.3, -0.25) is 4.90 Å². The van der Waals surface area contributed by atoms with Crippen LogP contribution in [0.2, 0.25) is 0 Å². The third kappa shape index (κ3) is 4.54. The molecule has 30 heavy (non-hydrogen) atoms. The highest BCUT2D eigenvalue weighted by Crippen LogP contribution is 2.28. The molecule has 1 aliphatic rings. The molecule has 1 aliphatic heterocycles. The standard InChI is InChI=1S/C24H32N6/c1-4-8-22(24-25-26-27-30(24)18-21-9-6-5-7-10-21)28-13-15-29(16-14-28)23-17-19(2)11-12-20(23)3/h5-7,9-12,17,22H,4,8,13-16,18H2,1-3H3. The van der Waals surface area contributed by atoms with Crippen LogP contribution in [0.1, 0.15) is 48.3 Å². The maximum absolute atomic E-state index is 4.46. The van der Waals surface area contributed by atoms with Gasteiger partial charge >= 0.3 is 0 Å². The summed E-state index contributed by atoms with van der Waals surface area (Å²) in [4.78, 5) is 5.09. The van der Waals surface area contributed by atoms with Crippen LogP contribution >= 0.6 is 0 Å². The Morgan fingerprint density at radius 2 is 1.73 bits per heavy atom. The first kappa shape index (κ1) is 20.5. The second-order valence-corrected chi connectivity index (χ2v) is 8.30. The summed E-state index contributed by atoms with van der Waals surface area (Å²) in [6, 6.07) is 17.4. The third-order valence-electron chi connectivity index (χ3n) is 6.06. The summed E-state index contributed by atoms with van der Waals surface area (Å²) in [5.41, 5.74) is 5.27. The number of aromatic nitrogens is 4. The quantitative estimate of drug-likeness (QED) is 0.596. The molecule has 1 unspecified atom stereocenters. The molecule has 6 heteroatoms. The minimum atomic E-state index is 0.259. The molecule has 1 fully saturated rings. The van der Waals surface area contributed by atoms with Crippen molar-refractivity contribution in [2.75, 3.05) is 31.1 Å². The third-order valence-corrected chi connectivity index (χ3v) is 6.06. The first-order chi connectivity index (χ1) is 14.7. The smallest absolute Gasteiger partial charge is 0.168 e. The molecule has 0 amide bonds. The number of hydrogen-bond donors (Lipinski definition) is 0. The lowest BCUT2D eigenvalue weighted by Gasteiger charge is -2.40. The SMILES string of the molecule is CCCC(c1nnnn1Cc1ccccc1)N1CCN(c2cc(C)ccc2C)CC1. The monoisotopic (exact) mass is 404 g/mol. The molecule has 0 saturated carbocycles. The zero-order valence-corrected chi connectivity index (χ0v) is 18.3. The predicted molar refractivity (Wildman–Crippen MR) is 121 cm³/mol. The Hall–Kier alpha value is -2.73. The van der Waals surface area contributed by atoms with Gasteiger partial charge in [-0.05, 0) is 53.5 Å². The Bertz CT molecular complexity index is 943. The van der Waals surface area contributed by atoms with Crippen molar-refractivity contribution in [2.45, 2.75) is 46.2 Å². The highest BCUT2D eigenvalue weighted by molar-refractivity contribution is 5.55. The van der Waals surface area contributed by atoms with Gasteiger partial charge in [-0.1, -0.05) is 55.8 Å². The van der Waals surface area contributed by atoms with Crippen molar-refractivity contribution in [3.8, 4) is 0 Å². The van der Waals surface area contributed by atoms with Crippen molar-refractivity contribution in [3.05, 3.63) is 71.0 Å². The molecule has 2 heterocycles. The van der Waals surface area contributed by atoms with Crippen molar-refractivity contribution in [3.63, 3.8) is 0 Å². The highest BCUT2D eigenvalue weighted by atomic mass is 15.6. The van der Waals surface area contributed by atoms with Gasteiger partial charge in [-0.15, -0.1) is 5.10 Å². The zero-order chi connectivity index (χ0) is 20.9. The van der Waals surface area contributed by atoms with Gasteiger partial charge < -0.3 is 4.90 Å². The molecule has 3 aromatic rings. The topological polar surface area (TPSA) is 50.1 Å². The fourth-order valence-corrected chi connectivity index (χ4v) is 4.40. The van der Waals surface area contributed by atoms with E-state index in [1.54, 1.807) is 0 Å². The van der Waals surface area contributed by atoms with Gasteiger partial charge in [0.2, 0.25) is 0 Å². The summed E-state index contributed by atoms with van der Waals surface area (Å²) in [5, 5.41) is 12.8. The largest absolute Gasteiger partial charge is 0.369 e. The van der Waals surface area contributed by atoms with Crippen LogP contribution in [-0.2, 0) is 6.54 Å². The highest BCUT2D eigenvalue weighted by Gasteiger charge is 2.29. The summed E-state index contributed by atoms with van der Waals surface area (Å²) >= 11 is 0. The Morgan fingerprint density at radius 1 is 0.967 bits per heavy atom. The maximum Gasteiger partial charge on any atom is 0.168 e. The van der Waals surface area contributed by atoms with Crippen LogP contribution < -0.4 is 4.90 Å². The lowest BCUT2D eigenvalue weighted by molar-refractivity contribution is 0.164. The molecule has 0 spiro atoms. The van der Waals surface area contributed by atoms with Crippen molar-refractivity contribution < 1.29 is 0 Å². The van der Waals surface area contributed by atoms with E-state index in [2.05, 4.69) is 88.6 Å². The molecular weight excluding hydrogens is 372 g/mol. The van der Waals surface area contributed by atoms with Gasteiger partial charge in [0.15, 0.2) is 5.82 Å². The van der Waals surface area contributed by atoms with Crippen molar-refractivity contribution in [1.29, 1.82) is 0 Å². The average molecular weight is 405 g/mol. The van der Waals surface area contributed by atoms with Gasteiger partial charge in [0.1, 0.15) is 0 Å². The number of anilines is 1. The van der Waals surface area contributed by atoms with Crippen LogP contribution in [0, 0.1) is 13.8 Å². The number of aryl methyl sites for hydroxylation is 2. The van der Waals surface area contributed by atoms with Gasteiger partial charge in [0.05, 0.1) is 12.6 Å². The molecule has 2 aromatic carbocycles. The number of nitrogens with zero attached hydrogens (tertiary/aromatic N) is 6. The summed E-state index contributed by atoms with van der Waals surface area (Å²) in [6.45, 7) is 11.4.